The number of carbonyl (C=O) groups excluding carboxylic acids is 1. The summed E-state index contributed by atoms with van der Waals surface area (Å²) in [5.41, 5.74) is -2.99. The first-order valence-corrected chi connectivity index (χ1v) is 10.4. The molecule has 0 aliphatic heterocycles. The van der Waals surface area contributed by atoms with E-state index < -0.39 is 21.8 Å². The van der Waals surface area contributed by atoms with Crippen LogP contribution in [0, 0.1) is 0 Å². The molecule has 0 N–H and O–H groups in total. The lowest BCUT2D eigenvalue weighted by Gasteiger charge is -2.19. The van der Waals surface area contributed by atoms with Gasteiger partial charge in [-0.2, -0.15) is 8.78 Å². The summed E-state index contributed by atoms with van der Waals surface area (Å²) in [6, 6.07) is 7.68. The highest BCUT2D eigenvalue weighted by molar-refractivity contribution is 7.89. The summed E-state index contributed by atoms with van der Waals surface area (Å²) < 4.78 is 58.6. The fourth-order valence-corrected chi connectivity index (χ4v) is 3.82. The highest BCUT2D eigenvalue weighted by Gasteiger charge is 2.27. The molecule has 10 heteroatoms. The van der Waals surface area contributed by atoms with E-state index in [2.05, 4.69) is 0 Å². The summed E-state index contributed by atoms with van der Waals surface area (Å²) in [5.74, 6) is 0.169. The van der Waals surface area contributed by atoms with Crippen molar-refractivity contribution in [1.29, 1.82) is 0 Å². The Morgan fingerprint density at radius 3 is 2.32 bits per heavy atom. The molecule has 2 aromatic rings. The zero-order valence-electron chi connectivity index (χ0n) is 15.3. The van der Waals surface area contributed by atoms with Gasteiger partial charge in [0, 0.05) is 35.8 Å². The molecule has 152 valence electrons. The molecule has 0 saturated heterocycles. The number of sulfonamides is 1. The maximum absolute atomic E-state index is 13.8. The van der Waals surface area contributed by atoms with E-state index in [9.17, 15) is 22.0 Å². The minimum Gasteiger partial charge on any atom is -0.483 e. The predicted molar refractivity (Wildman–Crippen MR) is 108 cm³/mol. The van der Waals surface area contributed by atoms with E-state index in [1.165, 1.54) is 66.7 Å². The lowest BCUT2D eigenvalue weighted by atomic mass is 10.0. The fraction of sp³-hybridized carbons (Fsp3) is 0.278. The number of rotatable bonds is 7. The Labute approximate surface area is 169 Å². The third-order valence-electron chi connectivity index (χ3n) is 3.88. The molecule has 2 aromatic carbocycles. The smallest absolute Gasteiger partial charge is 0.283 e. The molecule has 0 aliphatic carbocycles. The van der Waals surface area contributed by atoms with Gasteiger partial charge in [-0.3, -0.25) is 4.79 Å². The molecule has 2 atom stereocenters. The number of halogens is 3. The Bertz CT molecular complexity index is 994. The molecule has 2 rings (SSSR count). The summed E-state index contributed by atoms with van der Waals surface area (Å²) in [7, 11) is 0.499. The van der Waals surface area contributed by atoms with Crippen LogP contribution in [0.25, 0.3) is 11.1 Å². The van der Waals surface area contributed by atoms with Gasteiger partial charge >= 0.3 is 0 Å². The Morgan fingerprint density at radius 1 is 1.18 bits per heavy atom. The number of hydrogen-bond acceptors (Lipinski definition) is 4. The van der Waals surface area contributed by atoms with E-state index in [0.29, 0.717) is 11.8 Å². The molecule has 0 saturated carbocycles. The van der Waals surface area contributed by atoms with Crippen molar-refractivity contribution in [3.63, 3.8) is 0 Å². The largest absolute Gasteiger partial charge is 0.483 e. The van der Waals surface area contributed by atoms with Crippen LogP contribution in [0.2, 0.25) is 5.02 Å². The average Bonchev–Trinajstić information content (AvgIpc) is 2.60. The molecule has 0 spiro atoms. The van der Waals surface area contributed by atoms with Gasteiger partial charge < -0.3 is 4.74 Å². The van der Waals surface area contributed by atoms with Crippen LogP contribution in [0.3, 0.4) is 0 Å². The van der Waals surface area contributed by atoms with Gasteiger partial charge in [0.1, 0.15) is 5.75 Å². The monoisotopic (exact) mass is 449 g/mol. The van der Waals surface area contributed by atoms with Crippen LogP contribution in [-0.2, 0) is 20.5 Å². The van der Waals surface area contributed by atoms with E-state index in [-0.39, 0.29) is 26.8 Å². The zero-order chi connectivity index (χ0) is 21.3. The molecular formula is C18H19ClF2NO4PS. The maximum Gasteiger partial charge on any atom is 0.283 e. The van der Waals surface area contributed by atoms with E-state index in [1.807, 2.05) is 0 Å². The topological polar surface area (TPSA) is 63.7 Å². The number of ether oxygens (including phenoxy) is 1. The third-order valence-corrected chi connectivity index (χ3v) is 6.34. The molecule has 0 aliphatic rings. The van der Waals surface area contributed by atoms with Crippen molar-refractivity contribution < 1.29 is 26.7 Å². The number of aldehydes is 1. The number of carbonyl (C=O) groups is 1. The molecule has 2 unspecified atom stereocenters. The summed E-state index contributed by atoms with van der Waals surface area (Å²) in [6.45, 7) is 1.50. The van der Waals surface area contributed by atoms with E-state index >= 15 is 0 Å². The lowest BCUT2D eigenvalue weighted by molar-refractivity contribution is -0.113. The van der Waals surface area contributed by atoms with Crippen LogP contribution in [0.5, 0.6) is 5.75 Å². The van der Waals surface area contributed by atoms with Crippen molar-refractivity contribution in [2.24, 2.45) is 0 Å². The molecule has 0 radical (unpaired) electrons. The van der Waals surface area contributed by atoms with Crippen molar-refractivity contribution >= 4 is 37.2 Å². The highest BCUT2D eigenvalue weighted by atomic mass is 35.5. The molecular weight excluding hydrogens is 431 g/mol. The lowest BCUT2D eigenvalue weighted by Crippen LogP contribution is -2.22. The summed E-state index contributed by atoms with van der Waals surface area (Å²) in [5, 5.41) is 0.0377. The quantitative estimate of drug-likeness (QED) is 0.470. The van der Waals surface area contributed by atoms with Crippen LogP contribution in [0.4, 0.5) is 8.78 Å². The molecule has 0 amide bonds. The Kier molecular flexibility index (Phi) is 6.82. The Balaban J connectivity index is 2.66. The molecule has 0 aromatic heterocycles. The number of benzene rings is 2. The number of nitrogens with zero attached hydrogens (tertiary/aromatic N) is 1. The van der Waals surface area contributed by atoms with Gasteiger partial charge in [0.15, 0.2) is 12.4 Å². The van der Waals surface area contributed by atoms with Crippen molar-refractivity contribution in [2.75, 3.05) is 14.1 Å². The second-order valence-electron chi connectivity index (χ2n) is 6.22. The van der Waals surface area contributed by atoms with Gasteiger partial charge in [-0.25, -0.2) is 12.7 Å². The highest BCUT2D eigenvalue weighted by Crippen LogP contribution is 2.42. The first kappa shape index (κ1) is 22.7. The van der Waals surface area contributed by atoms with Crippen molar-refractivity contribution in [3.05, 3.63) is 47.0 Å². The van der Waals surface area contributed by atoms with Gasteiger partial charge in [0.2, 0.25) is 10.0 Å². The Hall–Kier alpha value is -1.60. The maximum atomic E-state index is 13.8. The minimum absolute atomic E-state index is 0.0377. The van der Waals surface area contributed by atoms with Crippen molar-refractivity contribution in [3.8, 4) is 16.9 Å². The molecule has 0 fully saturated rings. The first-order valence-electron chi connectivity index (χ1n) is 8.03. The fourth-order valence-electron chi connectivity index (χ4n) is 2.36. The predicted octanol–water partition coefficient (Wildman–Crippen LogP) is 4.15. The summed E-state index contributed by atoms with van der Waals surface area (Å²) in [4.78, 5) is 10.9. The third kappa shape index (κ3) is 4.87. The van der Waals surface area contributed by atoms with Crippen LogP contribution in [-0.4, -0.2) is 39.2 Å². The average molecular weight is 450 g/mol. The zero-order valence-corrected chi connectivity index (χ0v) is 18.0. The normalized spacial score (nSPS) is 13.4. The van der Waals surface area contributed by atoms with Crippen LogP contribution in [0.15, 0.2) is 41.3 Å². The standard InChI is InChI=1S/C18H19ClF2NO4PS/c1-11(10-23)26-17-7-4-12(18(20,21)27)8-15(17)14-6-5-13(9-16(14)19)28(24,25)22(2)3/h4-11H,27H2,1-3H3. The van der Waals surface area contributed by atoms with Crippen molar-refractivity contribution in [1.82, 2.24) is 4.31 Å². The first-order chi connectivity index (χ1) is 12.9. The summed E-state index contributed by atoms with van der Waals surface area (Å²) in [6.07, 6.45) is -0.246. The Morgan fingerprint density at radius 2 is 1.82 bits per heavy atom. The van der Waals surface area contributed by atoms with Gasteiger partial charge in [0.25, 0.3) is 5.66 Å². The molecule has 5 nitrogen and oxygen atoms in total. The van der Waals surface area contributed by atoms with Gasteiger partial charge in [-0.1, -0.05) is 26.9 Å². The van der Waals surface area contributed by atoms with Crippen LogP contribution in [0.1, 0.15) is 12.5 Å². The van der Waals surface area contributed by atoms with Crippen LogP contribution < -0.4 is 4.74 Å². The second-order valence-corrected chi connectivity index (χ2v) is 9.51. The summed E-state index contributed by atoms with van der Waals surface area (Å²) >= 11 is 6.28. The van der Waals surface area contributed by atoms with E-state index in [1.54, 1.807) is 0 Å². The SMILES string of the molecule is CC(C=O)Oc1ccc(C(F)(F)P)cc1-c1ccc(S(=O)(=O)N(C)C)cc1Cl. The minimum atomic E-state index is -3.71. The molecule has 0 bridgehead atoms. The number of hydrogen-bond donors (Lipinski definition) is 0. The van der Waals surface area contributed by atoms with Crippen LogP contribution >= 0.6 is 20.8 Å². The van der Waals surface area contributed by atoms with Gasteiger partial charge in [-0.05, 0) is 37.3 Å². The van der Waals surface area contributed by atoms with E-state index in [4.69, 9.17) is 16.3 Å². The molecule has 0 heterocycles. The van der Waals surface area contributed by atoms with Crippen molar-refractivity contribution in [2.45, 2.75) is 23.6 Å². The second kappa shape index (κ2) is 8.41. The molecule has 28 heavy (non-hydrogen) atoms. The van der Waals surface area contributed by atoms with Gasteiger partial charge in [-0.15, -0.1) is 0 Å². The number of alkyl halides is 2. The van der Waals surface area contributed by atoms with E-state index in [0.717, 1.165) is 4.31 Å². The van der Waals surface area contributed by atoms with Gasteiger partial charge in [0.05, 0.1) is 4.90 Å².